The van der Waals surface area contributed by atoms with Crippen LogP contribution in [0, 0.1) is 5.92 Å². The maximum Gasteiger partial charge on any atom is 0.132 e. The van der Waals surface area contributed by atoms with Crippen molar-refractivity contribution in [3.05, 3.63) is 59.2 Å². The zero-order chi connectivity index (χ0) is 14.5. The summed E-state index contributed by atoms with van der Waals surface area (Å²) in [6, 6.07) is 10.4. The molecule has 0 saturated carbocycles. The summed E-state index contributed by atoms with van der Waals surface area (Å²) in [5, 5.41) is 3.45. The number of hydrogen-bond donors (Lipinski definition) is 1. The molecule has 0 spiro atoms. The van der Waals surface area contributed by atoms with Crippen LogP contribution in [0.5, 0.6) is 0 Å². The summed E-state index contributed by atoms with van der Waals surface area (Å²) in [5.74, 6) is 1.69. The van der Waals surface area contributed by atoms with Crippen LogP contribution in [0.25, 0.3) is 0 Å². The Balaban J connectivity index is 1.69. The van der Waals surface area contributed by atoms with Crippen molar-refractivity contribution in [1.82, 2.24) is 15.3 Å². The number of rotatable bonds is 5. The number of benzene rings is 1. The Morgan fingerprint density at radius 1 is 1.24 bits per heavy atom. The Kier molecular flexibility index (Phi) is 4.61. The Labute approximate surface area is 126 Å². The topological polar surface area (TPSA) is 37.8 Å². The molecule has 1 aliphatic carbocycles. The van der Waals surface area contributed by atoms with E-state index < -0.39 is 0 Å². The van der Waals surface area contributed by atoms with Crippen molar-refractivity contribution in [3.63, 3.8) is 0 Å². The van der Waals surface area contributed by atoms with E-state index in [2.05, 4.69) is 47.7 Å². The lowest BCUT2D eigenvalue weighted by Gasteiger charge is -2.24. The molecule has 3 rings (SSSR count). The Morgan fingerprint density at radius 2 is 2.10 bits per heavy atom. The first-order valence-electron chi connectivity index (χ1n) is 7.93. The third-order valence-corrected chi connectivity index (χ3v) is 4.19. The standard InChI is InChI=1S/C18H23N3/c1-2-19-12-15-8-9-17-16(10-15)13-20-18(21-17)11-14-6-4-3-5-7-14/h3-7,13,15,19H,2,8-12H2,1H3. The molecule has 1 aromatic heterocycles. The van der Waals surface area contributed by atoms with Gasteiger partial charge in [0.05, 0.1) is 0 Å². The third-order valence-electron chi connectivity index (χ3n) is 4.19. The molecule has 3 nitrogen and oxygen atoms in total. The summed E-state index contributed by atoms with van der Waals surface area (Å²) in [4.78, 5) is 9.36. The lowest BCUT2D eigenvalue weighted by molar-refractivity contribution is 0.423. The number of aryl methyl sites for hydroxylation is 1. The summed E-state index contributed by atoms with van der Waals surface area (Å²) in [7, 11) is 0. The molecular weight excluding hydrogens is 258 g/mol. The first-order valence-corrected chi connectivity index (χ1v) is 7.93. The molecule has 0 bridgehead atoms. The van der Waals surface area contributed by atoms with Gasteiger partial charge in [-0.2, -0.15) is 0 Å². The van der Waals surface area contributed by atoms with Crippen LogP contribution >= 0.6 is 0 Å². The highest BCUT2D eigenvalue weighted by Gasteiger charge is 2.20. The molecule has 0 amide bonds. The Bertz CT molecular complexity index is 580. The molecule has 1 unspecified atom stereocenters. The van der Waals surface area contributed by atoms with Crippen molar-refractivity contribution in [2.24, 2.45) is 5.92 Å². The van der Waals surface area contributed by atoms with Gasteiger partial charge in [0, 0.05) is 18.3 Å². The van der Waals surface area contributed by atoms with Crippen LogP contribution in [0.2, 0.25) is 0 Å². The molecule has 0 radical (unpaired) electrons. The fraction of sp³-hybridized carbons (Fsp3) is 0.444. The van der Waals surface area contributed by atoms with Gasteiger partial charge in [-0.05, 0) is 49.4 Å². The molecule has 1 heterocycles. The SMILES string of the molecule is CCNCC1CCc2nc(Cc3ccccc3)ncc2C1. The molecule has 1 aromatic carbocycles. The largest absolute Gasteiger partial charge is 0.317 e. The molecule has 0 saturated heterocycles. The lowest BCUT2D eigenvalue weighted by Crippen LogP contribution is -2.27. The quantitative estimate of drug-likeness (QED) is 0.916. The molecule has 0 aliphatic heterocycles. The van der Waals surface area contributed by atoms with Gasteiger partial charge in [0.1, 0.15) is 5.82 Å². The van der Waals surface area contributed by atoms with Crippen molar-refractivity contribution in [3.8, 4) is 0 Å². The highest BCUT2D eigenvalue weighted by Crippen LogP contribution is 2.23. The van der Waals surface area contributed by atoms with E-state index in [-0.39, 0.29) is 0 Å². The number of nitrogens with zero attached hydrogens (tertiary/aromatic N) is 2. The number of fused-ring (bicyclic) bond motifs is 1. The Morgan fingerprint density at radius 3 is 2.90 bits per heavy atom. The molecule has 0 fully saturated rings. The summed E-state index contributed by atoms with van der Waals surface area (Å²) in [6.45, 7) is 4.33. The first-order chi connectivity index (χ1) is 10.3. The van der Waals surface area contributed by atoms with Crippen LogP contribution in [0.15, 0.2) is 36.5 Å². The minimum Gasteiger partial charge on any atom is -0.317 e. The first kappa shape index (κ1) is 14.2. The van der Waals surface area contributed by atoms with Gasteiger partial charge >= 0.3 is 0 Å². The lowest BCUT2D eigenvalue weighted by atomic mass is 9.87. The van der Waals surface area contributed by atoms with Crippen molar-refractivity contribution < 1.29 is 0 Å². The van der Waals surface area contributed by atoms with E-state index in [1.54, 1.807) is 0 Å². The van der Waals surface area contributed by atoms with E-state index in [4.69, 9.17) is 4.98 Å². The maximum absolute atomic E-state index is 4.79. The molecule has 2 aromatic rings. The van der Waals surface area contributed by atoms with Crippen molar-refractivity contribution >= 4 is 0 Å². The predicted molar refractivity (Wildman–Crippen MR) is 85.3 cm³/mol. The average molecular weight is 281 g/mol. The fourth-order valence-electron chi connectivity index (χ4n) is 3.01. The van der Waals surface area contributed by atoms with Gasteiger partial charge in [-0.25, -0.2) is 9.97 Å². The average Bonchev–Trinajstić information content (AvgIpc) is 2.54. The van der Waals surface area contributed by atoms with E-state index in [0.29, 0.717) is 0 Å². The summed E-state index contributed by atoms with van der Waals surface area (Å²) in [6.07, 6.45) is 6.33. The van der Waals surface area contributed by atoms with Gasteiger partial charge in [-0.1, -0.05) is 37.3 Å². The van der Waals surface area contributed by atoms with Gasteiger partial charge in [0.15, 0.2) is 0 Å². The summed E-state index contributed by atoms with van der Waals surface area (Å²) in [5.41, 5.74) is 3.89. The second-order valence-electron chi connectivity index (χ2n) is 5.84. The molecule has 3 heteroatoms. The van der Waals surface area contributed by atoms with Crippen LogP contribution in [0.3, 0.4) is 0 Å². The van der Waals surface area contributed by atoms with E-state index in [9.17, 15) is 0 Å². The smallest absolute Gasteiger partial charge is 0.132 e. The number of hydrogen-bond acceptors (Lipinski definition) is 3. The highest BCUT2D eigenvalue weighted by atomic mass is 14.9. The van der Waals surface area contributed by atoms with E-state index in [0.717, 1.165) is 44.1 Å². The zero-order valence-electron chi connectivity index (χ0n) is 12.7. The van der Waals surface area contributed by atoms with Crippen LogP contribution in [0.1, 0.15) is 36.0 Å². The van der Waals surface area contributed by atoms with Crippen molar-refractivity contribution in [2.45, 2.75) is 32.6 Å². The molecule has 1 atom stereocenters. The normalized spacial score (nSPS) is 17.5. The minimum absolute atomic E-state index is 0.737. The van der Waals surface area contributed by atoms with Gasteiger partial charge < -0.3 is 5.32 Å². The second-order valence-corrected chi connectivity index (χ2v) is 5.84. The minimum atomic E-state index is 0.737. The van der Waals surface area contributed by atoms with Crippen LogP contribution in [-0.2, 0) is 19.3 Å². The van der Waals surface area contributed by atoms with Gasteiger partial charge in [0.2, 0.25) is 0 Å². The molecule has 1 N–H and O–H groups in total. The Hall–Kier alpha value is -1.74. The van der Waals surface area contributed by atoms with E-state index in [1.807, 2.05) is 6.07 Å². The molecule has 110 valence electrons. The van der Waals surface area contributed by atoms with Crippen molar-refractivity contribution in [1.29, 1.82) is 0 Å². The fourth-order valence-corrected chi connectivity index (χ4v) is 3.01. The zero-order valence-corrected chi connectivity index (χ0v) is 12.7. The van der Waals surface area contributed by atoms with Gasteiger partial charge in [-0.15, -0.1) is 0 Å². The molecular formula is C18H23N3. The maximum atomic E-state index is 4.79. The monoisotopic (exact) mass is 281 g/mol. The van der Waals surface area contributed by atoms with Crippen LogP contribution < -0.4 is 5.32 Å². The van der Waals surface area contributed by atoms with E-state index >= 15 is 0 Å². The number of aromatic nitrogens is 2. The van der Waals surface area contributed by atoms with Crippen LogP contribution in [-0.4, -0.2) is 23.1 Å². The van der Waals surface area contributed by atoms with Gasteiger partial charge in [0.25, 0.3) is 0 Å². The highest BCUT2D eigenvalue weighted by molar-refractivity contribution is 5.24. The summed E-state index contributed by atoms with van der Waals surface area (Å²) < 4.78 is 0. The molecule has 1 aliphatic rings. The second kappa shape index (κ2) is 6.81. The summed E-state index contributed by atoms with van der Waals surface area (Å²) >= 11 is 0. The van der Waals surface area contributed by atoms with E-state index in [1.165, 1.54) is 23.2 Å². The number of nitrogens with one attached hydrogen (secondary N) is 1. The third kappa shape index (κ3) is 3.67. The van der Waals surface area contributed by atoms with Gasteiger partial charge in [-0.3, -0.25) is 0 Å². The van der Waals surface area contributed by atoms with Crippen LogP contribution in [0.4, 0.5) is 0 Å². The molecule has 21 heavy (non-hydrogen) atoms. The van der Waals surface area contributed by atoms with Crippen molar-refractivity contribution in [2.75, 3.05) is 13.1 Å². The predicted octanol–water partition coefficient (Wildman–Crippen LogP) is 2.78.